The Balaban J connectivity index is 1.41. The quantitative estimate of drug-likeness (QED) is 0.440. The number of aromatic nitrogens is 5. The number of nitrogens with zero attached hydrogens (tertiary/aromatic N) is 6. The first kappa shape index (κ1) is 22.7. The number of aryl methyl sites for hydroxylation is 2. The van der Waals surface area contributed by atoms with E-state index in [0.717, 1.165) is 38.0 Å². The van der Waals surface area contributed by atoms with E-state index in [4.69, 9.17) is 9.47 Å². The van der Waals surface area contributed by atoms with Gasteiger partial charge in [0, 0.05) is 49.7 Å². The number of ether oxygens (including phenoxy) is 2. The minimum absolute atomic E-state index is 0.152. The summed E-state index contributed by atoms with van der Waals surface area (Å²) in [6, 6.07) is 15.6. The molecule has 2 aromatic carbocycles. The van der Waals surface area contributed by atoms with E-state index in [2.05, 4.69) is 49.5 Å². The SMILES string of the molecule is CN1CCN([C@H](c2cc3cc4c(cc3[nH]c2=O)OCCO4)c2nnnn2CCc2ccccc2)CC1. The van der Waals surface area contributed by atoms with Gasteiger partial charge in [0.25, 0.3) is 5.56 Å². The molecule has 0 spiro atoms. The fraction of sp³-hybridized carbons (Fsp3) is 0.385. The van der Waals surface area contributed by atoms with Crippen molar-refractivity contribution in [3.05, 3.63) is 75.8 Å². The zero-order valence-electron chi connectivity index (χ0n) is 20.3. The molecule has 4 heterocycles. The molecule has 6 rings (SSSR count). The second-order valence-corrected chi connectivity index (χ2v) is 9.37. The Hall–Kier alpha value is -3.76. The topological polar surface area (TPSA) is 101 Å². The Bertz CT molecular complexity index is 1410. The van der Waals surface area contributed by atoms with E-state index in [-0.39, 0.29) is 11.6 Å². The van der Waals surface area contributed by atoms with Gasteiger partial charge in [-0.05, 0) is 41.6 Å². The number of H-pyrrole nitrogens is 1. The Morgan fingerprint density at radius 3 is 2.53 bits per heavy atom. The minimum Gasteiger partial charge on any atom is -0.486 e. The lowest BCUT2D eigenvalue weighted by Gasteiger charge is -2.37. The average Bonchev–Trinajstić information content (AvgIpc) is 3.36. The maximum atomic E-state index is 13.5. The minimum atomic E-state index is -0.370. The van der Waals surface area contributed by atoms with Crippen LogP contribution in [0.4, 0.5) is 0 Å². The second-order valence-electron chi connectivity index (χ2n) is 9.37. The molecule has 1 saturated heterocycles. The fourth-order valence-corrected chi connectivity index (χ4v) is 4.99. The van der Waals surface area contributed by atoms with E-state index in [1.807, 2.05) is 41.1 Å². The standard InChI is InChI=1S/C26H29N7O3/c1-31-9-11-32(12-10-31)24(25-28-29-30-33(25)8-7-18-5-3-2-4-6-18)20-15-19-16-22-23(36-14-13-35-22)17-21(19)27-26(20)34/h2-6,15-17,24H,7-14H2,1H3,(H,27,34)/t24-/m1/s1. The normalized spacial score (nSPS) is 17.4. The number of nitrogens with one attached hydrogen (secondary N) is 1. The van der Waals surface area contributed by atoms with E-state index >= 15 is 0 Å². The molecule has 186 valence electrons. The van der Waals surface area contributed by atoms with Crippen LogP contribution in [0.25, 0.3) is 10.9 Å². The molecule has 0 radical (unpaired) electrons. The van der Waals surface area contributed by atoms with E-state index < -0.39 is 0 Å². The van der Waals surface area contributed by atoms with E-state index in [0.29, 0.717) is 48.2 Å². The van der Waals surface area contributed by atoms with E-state index in [1.54, 1.807) is 0 Å². The number of hydrogen-bond acceptors (Lipinski definition) is 8. The third-order valence-corrected chi connectivity index (χ3v) is 6.99. The molecule has 0 aliphatic carbocycles. The van der Waals surface area contributed by atoms with Crippen LogP contribution in [0.3, 0.4) is 0 Å². The van der Waals surface area contributed by atoms with Crippen molar-refractivity contribution in [2.45, 2.75) is 19.0 Å². The van der Waals surface area contributed by atoms with Crippen LogP contribution in [-0.2, 0) is 13.0 Å². The van der Waals surface area contributed by atoms with Crippen LogP contribution in [0, 0.1) is 0 Å². The van der Waals surface area contributed by atoms with Gasteiger partial charge in [-0.2, -0.15) is 0 Å². The Labute approximate surface area is 208 Å². The summed E-state index contributed by atoms with van der Waals surface area (Å²) in [5.41, 5.74) is 2.40. The lowest BCUT2D eigenvalue weighted by molar-refractivity contribution is 0.121. The van der Waals surface area contributed by atoms with Crippen LogP contribution in [0.1, 0.15) is 23.0 Å². The molecule has 10 nitrogen and oxygen atoms in total. The monoisotopic (exact) mass is 487 g/mol. The second kappa shape index (κ2) is 9.71. The maximum absolute atomic E-state index is 13.5. The molecular formula is C26H29N7O3. The Morgan fingerprint density at radius 1 is 1.00 bits per heavy atom. The van der Waals surface area contributed by atoms with Crippen molar-refractivity contribution in [3.8, 4) is 11.5 Å². The molecule has 4 aromatic rings. The summed E-state index contributed by atoms with van der Waals surface area (Å²) >= 11 is 0. The molecule has 10 heteroatoms. The number of benzene rings is 2. The third-order valence-electron chi connectivity index (χ3n) is 6.99. The van der Waals surface area contributed by atoms with Gasteiger partial charge in [-0.3, -0.25) is 9.69 Å². The highest BCUT2D eigenvalue weighted by Gasteiger charge is 2.32. The Morgan fingerprint density at radius 2 is 1.75 bits per heavy atom. The number of hydrogen-bond donors (Lipinski definition) is 1. The van der Waals surface area contributed by atoms with Crippen LogP contribution < -0.4 is 15.0 Å². The molecule has 2 aliphatic rings. The van der Waals surface area contributed by atoms with Crippen LogP contribution in [-0.4, -0.2) is 81.4 Å². The first-order chi connectivity index (χ1) is 17.7. The summed E-state index contributed by atoms with van der Waals surface area (Å²) in [6.45, 7) is 5.07. The number of piperazine rings is 1. The van der Waals surface area contributed by atoms with Gasteiger partial charge in [0.05, 0.1) is 5.52 Å². The maximum Gasteiger partial charge on any atom is 0.253 e. The van der Waals surface area contributed by atoms with Gasteiger partial charge in [0.1, 0.15) is 19.3 Å². The molecule has 0 saturated carbocycles. The molecule has 0 unspecified atom stereocenters. The van der Waals surface area contributed by atoms with Crippen molar-refractivity contribution in [3.63, 3.8) is 0 Å². The lowest BCUT2D eigenvalue weighted by atomic mass is 10.0. The predicted octanol–water partition coefficient (Wildman–Crippen LogP) is 1.87. The van der Waals surface area contributed by atoms with Gasteiger partial charge in [-0.1, -0.05) is 30.3 Å². The van der Waals surface area contributed by atoms with Crippen LogP contribution in [0.15, 0.2) is 53.3 Å². The third kappa shape index (κ3) is 4.45. The molecule has 2 aliphatic heterocycles. The Kier molecular flexibility index (Phi) is 6.12. The molecule has 0 bridgehead atoms. The van der Waals surface area contributed by atoms with Crippen molar-refractivity contribution in [1.82, 2.24) is 35.0 Å². The zero-order chi connectivity index (χ0) is 24.5. The molecule has 1 fully saturated rings. The van der Waals surface area contributed by atoms with Crippen LogP contribution in [0.2, 0.25) is 0 Å². The van der Waals surface area contributed by atoms with Crippen molar-refractivity contribution >= 4 is 10.9 Å². The molecule has 0 amide bonds. The number of aromatic amines is 1. The summed E-state index contributed by atoms with van der Waals surface area (Å²) in [5, 5.41) is 13.6. The smallest absolute Gasteiger partial charge is 0.253 e. The summed E-state index contributed by atoms with van der Waals surface area (Å²) in [5.74, 6) is 2.02. The molecule has 1 N–H and O–H groups in total. The van der Waals surface area contributed by atoms with E-state index in [9.17, 15) is 4.79 Å². The number of tetrazole rings is 1. The van der Waals surface area contributed by atoms with Crippen molar-refractivity contribution < 1.29 is 9.47 Å². The van der Waals surface area contributed by atoms with Gasteiger partial charge in [0.15, 0.2) is 17.3 Å². The predicted molar refractivity (Wildman–Crippen MR) is 134 cm³/mol. The van der Waals surface area contributed by atoms with Crippen molar-refractivity contribution in [1.29, 1.82) is 0 Å². The summed E-state index contributed by atoms with van der Waals surface area (Å²) in [4.78, 5) is 21.2. The van der Waals surface area contributed by atoms with Crippen molar-refractivity contribution in [2.24, 2.45) is 0 Å². The highest BCUT2D eigenvalue weighted by molar-refractivity contribution is 5.83. The van der Waals surface area contributed by atoms with Gasteiger partial charge in [-0.15, -0.1) is 5.10 Å². The van der Waals surface area contributed by atoms with Crippen LogP contribution in [0.5, 0.6) is 11.5 Å². The fourth-order valence-electron chi connectivity index (χ4n) is 4.99. The van der Waals surface area contributed by atoms with Crippen molar-refractivity contribution in [2.75, 3.05) is 46.4 Å². The molecule has 36 heavy (non-hydrogen) atoms. The summed E-state index contributed by atoms with van der Waals surface area (Å²) < 4.78 is 13.3. The largest absolute Gasteiger partial charge is 0.486 e. The molecule has 1 atom stereocenters. The van der Waals surface area contributed by atoms with Gasteiger partial charge in [-0.25, -0.2) is 4.68 Å². The number of likely N-dealkylation sites (N-methyl/N-ethyl adjacent to an activating group) is 1. The molecular weight excluding hydrogens is 458 g/mol. The number of rotatable bonds is 6. The van der Waals surface area contributed by atoms with Gasteiger partial charge >= 0.3 is 0 Å². The van der Waals surface area contributed by atoms with Gasteiger partial charge < -0.3 is 19.4 Å². The first-order valence-electron chi connectivity index (χ1n) is 12.3. The van der Waals surface area contributed by atoms with Crippen LogP contribution >= 0.6 is 0 Å². The van der Waals surface area contributed by atoms with E-state index in [1.165, 1.54) is 5.56 Å². The number of fused-ring (bicyclic) bond motifs is 2. The van der Waals surface area contributed by atoms with Gasteiger partial charge in [0.2, 0.25) is 0 Å². The highest BCUT2D eigenvalue weighted by atomic mass is 16.6. The first-order valence-corrected chi connectivity index (χ1v) is 12.3. The number of pyridine rings is 1. The highest BCUT2D eigenvalue weighted by Crippen LogP contribution is 2.35. The lowest BCUT2D eigenvalue weighted by Crippen LogP contribution is -2.47. The summed E-state index contributed by atoms with van der Waals surface area (Å²) in [6.07, 6.45) is 0.798. The average molecular weight is 488 g/mol. The summed E-state index contributed by atoms with van der Waals surface area (Å²) in [7, 11) is 2.12. The zero-order valence-corrected chi connectivity index (χ0v) is 20.3. The molecule has 2 aromatic heterocycles.